The smallest absolute Gasteiger partial charge is 0.306 e. The number of carbonyl (C=O) groups is 3. The van der Waals surface area contributed by atoms with Gasteiger partial charge in [0.2, 0.25) is 0 Å². The lowest BCUT2D eigenvalue weighted by molar-refractivity contribution is -0.167. The Labute approximate surface area is 501 Å². The second kappa shape index (κ2) is 68.3. The molecule has 81 heavy (non-hydrogen) atoms. The first kappa shape index (κ1) is 76.8. The van der Waals surface area contributed by atoms with Crippen molar-refractivity contribution in [1.29, 1.82) is 0 Å². The lowest BCUT2D eigenvalue weighted by Gasteiger charge is -2.18. The van der Waals surface area contributed by atoms with Gasteiger partial charge in [0, 0.05) is 19.3 Å². The Hall–Kier alpha value is -4.19. The van der Waals surface area contributed by atoms with Gasteiger partial charge in [-0.2, -0.15) is 0 Å². The molecule has 0 saturated heterocycles. The molecule has 0 aromatic heterocycles. The Morgan fingerprint density at radius 2 is 0.481 bits per heavy atom. The van der Waals surface area contributed by atoms with Crippen LogP contribution in [0, 0.1) is 0 Å². The van der Waals surface area contributed by atoms with Crippen LogP contribution in [0.3, 0.4) is 0 Å². The van der Waals surface area contributed by atoms with E-state index >= 15 is 0 Å². The molecule has 0 aliphatic carbocycles. The standard InChI is InChI=1S/C75H126O6/c1-4-7-10-13-16-19-22-25-28-29-30-31-32-33-34-35-36-37-38-39-40-41-42-43-44-45-48-50-53-56-59-62-65-68-74(77)80-71-72(81-75(78)69-66-63-60-57-54-51-47-27-24-21-18-15-12-9-6-3)70-79-73(76)67-64-61-58-55-52-49-46-26-23-20-17-14-11-8-5-2/h7,9-10,12,16,18-19,21,25-28,30-31,33-34,46-47,54,57,72H,4-6,8,11,13-15,17,20,22-24,29,32,35-45,48-53,55-56,58-71H2,1-3H3/b10-7-,12-9-,19-16-,21-18-,28-25-,31-30-,34-33-,46-26-,47-27-,57-54-. The predicted molar refractivity (Wildman–Crippen MR) is 353 cm³/mol. The van der Waals surface area contributed by atoms with Gasteiger partial charge in [-0.1, -0.05) is 290 Å². The van der Waals surface area contributed by atoms with Crippen LogP contribution in [0.5, 0.6) is 0 Å². The quantitative estimate of drug-likeness (QED) is 0.0261. The molecule has 0 bridgehead atoms. The lowest BCUT2D eigenvalue weighted by Crippen LogP contribution is -2.30. The van der Waals surface area contributed by atoms with E-state index in [9.17, 15) is 14.4 Å². The van der Waals surface area contributed by atoms with Crippen LogP contribution < -0.4 is 0 Å². The zero-order valence-corrected chi connectivity index (χ0v) is 53.0. The summed E-state index contributed by atoms with van der Waals surface area (Å²) < 4.78 is 16.9. The third kappa shape index (κ3) is 66.5. The van der Waals surface area contributed by atoms with E-state index in [4.69, 9.17) is 14.2 Å². The van der Waals surface area contributed by atoms with Crippen molar-refractivity contribution in [2.45, 2.75) is 322 Å². The lowest BCUT2D eigenvalue weighted by atomic mass is 10.0. The second-order valence-corrected chi connectivity index (χ2v) is 22.3. The third-order valence-corrected chi connectivity index (χ3v) is 14.4. The fourth-order valence-corrected chi connectivity index (χ4v) is 9.40. The summed E-state index contributed by atoms with van der Waals surface area (Å²) in [6.45, 7) is 6.39. The van der Waals surface area contributed by atoms with E-state index in [1.54, 1.807) is 0 Å². The minimum Gasteiger partial charge on any atom is -0.462 e. The molecule has 1 atom stereocenters. The maximum Gasteiger partial charge on any atom is 0.306 e. The van der Waals surface area contributed by atoms with Crippen molar-refractivity contribution in [2.24, 2.45) is 0 Å². The van der Waals surface area contributed by atoms with E-state index in [0.29, 0.717) is 19.3 Å². The van der Waals surface area contributed by atoms with E-state index in [0.717, 1.165) is 116 Å². The minimum absolute atomic E-state index is 0.0965. The summed E-state index contributed by atoms with van der Waals surface area (Å²) in [5, 5.41) is 0. The van der Waals surface area contributed by atoms with E-state index in [2.05, 4.69) is 142 Å². The second-order valence-electron chi connectivity index (χ2n) is 22.3. The summed E-state index contributed by atoms with van der Waals surface area (Å²) >= 11 is 0. The first-order valence-electron chi connectivity index (χ1n) is 34.0. The first-order valence-corrected chi connectivity index (χ1v) is 34.0. The fraction of sp³-hybridized carbons (Fsp3) is 0.693. The summed E-state index contributed by atoms with van der Waals surface area (Å²) in [6, 6.07) is 0. The van der Waals surface area contributed by atoms with Crippen LogP contribution >= 0.6 is 0 Å². The van der Waals surface area contributed by atoms with Crippen molar-refractivity contribution in [1.82, 2.24) is 0 Å². The molecule has 0 spiro atoms. The highest BCUT2D eigenvalue weighted by molar-refractivity contribution is 5.71. The monoisotopic (exact) mass is 1120 g/mol. The number of esters is 3. The highest BCUT2D eigenvalue weighted by Crippen LogP contribution is 2.17. The normalized spacial score (nSPS) is 12.9. The van der Waals surface area contributed by atoms with Gasteiger partial charge in [0.25, 0.3) is 0 Å². The maximum absolute atomic E-state index is 12.9. The molecule has 0 rings (SSSR count). The molecule has 0 radical (unpaired) electrons. The predicted octanol–water partition coefficient (Wildman–Crippen LogP) is 23.6. The number of carbonyl (C=O) groups excluding carboxylic acids is 3. The molecule has 6 nitrogen and oxygen atoms in total. The van der Waals surface area contributed by atoms with Crippen molar-refractivity contribution < 1.29 is 28.6 Å². The van der Waals surface area contributed by atoms with Crippen molar-refractivity contribution in [2.75, 3.05) is 13.2 Å². The molecule has 0 amide bonds. The molecular weight excluding hydrogens is 997 g/mol. The van der Waals surface area contributed by atoms with Gasteiger partial charge in [0.1, 0.15) is 13.2 Å². The van der Waals surface area contributed by atoms with Crippen LogP contribution in [0.15, 0.2) is 122 Å². The molecule has 0 N–H and O–H groups in total. The van der Waals surface area contributed by atoms with E-state index < -0.39 is 6.10 Å². The number of allylic oxidation sites excluding steroid dienone is 20. The summed E-state index contributed by atoms with van der Waals surface area (Å²) in [4.78, 5) is 38.3. The highest BCUT2D eigenvalue weighted by atomic mass is 16.6. The van der Waals surface area contributed by atoms with Crippen LogP contribution in [0.25, 0.3) is 0 Å². The van der Waals surface area contributed by atoms with Crippen LogP contribution in [-0.4, -0.2) is 37.2 Å². The first-order chi connectivity index (χ1) is 40.0. The number of ether oxygens (including phenoxy) is 3. The molecule has 0 saturated carbocycles. The van der Waals surface area contributed by atoms with Gasteiger partial charge in [0.15, 0.2) is 6.10 Å². The van der Waals surface area contributed by atoms with Crippen molar-refractivity contribution in [3.8, 4) is 0 Å². The Morgan fingerprint density at radius 3 is 0.790 bits per heavy atom. The Balaban J connectivity index is 4.22. The fourth-order valence-electron chi connectivity index (χ4n) is 9.40. The molecule has 1 unspecified atom stereocenters. The Bertz CT molecular complexity index is 1670. The number of rotatable bonds is 61. The molecule has 0 aromatic rings. The molecule has 0 aromatic carbocycles. The van der Waals surface area contributed by atoms with E-state index in [-0.39, 0.29) is 37.5 Å². The molecule has 0 aliphatic rings. The van der Waals surface area contributed by atoms with Crippen LogP contribution in [0.4, 0.5) is 0 Å². The minimum atomic E-state index is -0.805. The van der Waals surface area contributed by atoms with Crippen LogP contribution in [0.2, 0.25) is 0 Å². The summed E-state index contributed by atoms with van der Waals surface area (Å²) in [7, 11) is 0. The Kier molecular flexibility index (Phi) is 64.8. The third-order valence-electron chi connectivity index (χ3n) is 14.4. The van der Waals surface area contributed by atoms with Gasteiger partial charge in [-0.15, -0.1) is 0 Å². The topological polar surface area (TPSA) is 78.9 Å². The van der Waals surface area contributed by atoms with Gasteiger partial charge in [-0.25, -0.2) is 0 Å². The highest BCUT2D eigenvalue weighted by Gasteiger charge is 2.19. The van der Waals surface area contributed by atoms with Gasteiger partial charge in [-0.05, 0) is 128 Å². The molecule has 6 heteroatoms. The number of hydrogen-bond acceptors (Lipinski definition) is 6. The summed E-state index contributed by atoms with van der Waals surface area (Å²) in [5.41, 5.74) is 0. The van der Waals surface area contributed by atoms with Gasteiger partial charge in [-0.3, -0.25) is 14.4 Å². The van der Waals surface area contributed by atoms with Crippen LogP contribution in [0.1, 0.15) is 316 Å². The molecule has 462 valence electrons. The number of hydrogen-bond donors (Lipinski definition) is 0. The van der Waals surface area contributed by atoms with E-state index in [1.807, 2.05) is 0 Å². The van der Waals surface area contributed by atoms with Gasteiger partial charge >= 0.3 is 17.9 Å². The zero-order chi connectivity index (χ0) is 58.5. The summed E-state index contributed by atoms with van der Waals surface area (Å²) in [6.07, 6.45) is 95.2. The van der Waals surface area contributed by atoms with Gasteiger partial charge in [0.05, 0.1) is 0 Å². The average molecular weight is 1120 g/mol. The summed E-state index contributed by atoms with van der Waals surface area (Å²) in [5.74, 6) is -0.938. The Morgan fingerprint density at radius 1 is 0.259 bits per heavy atom. The largest absolute Gasteiger partial charge is 0.462 e. The molecule has 0 heterocycles. The molecule has 0 fully saturated rings. The van der Waals surface area contributed by atoms with E-state index in [1.165, 1.54) is 154 Å². The van der Waals surface area contributed by atoms with Crippen molar-refractivity contribution >= 4 is 17.9 Å². The number of unbranched alkanes of at least 4 members (excludes halogenated alkanes) is 30. The van der Waals surface area contributed by atoms with Gasteiger partial charge < -0.3 is 14.2 Å². The SMILES string of the molecule is CC/C=C\C/C=C\C/C=C\C/C=C\C/C=C\CCCCCCCCCCCCCCCCCCCC(=O)OCC(COC(=O)CCCCCCC/C=C\CCCCCCCC)OC(=O)CCCC/C=C\C/C=C\C/C=C\C/C=C\CC. The average Bonchev–Trinajstić information content (AvgIpc) is 3.47. The van der Waals surface area contributed by atoms with Crippen molar-refractivity contribution in [3.05, 3.63) is 122 Å². The maximum atomic E-state index is 12.9. The van der Waals surface area contributed by atoms with Crippen LogP contribution in [-0.2, 0) is 28.6 Å². The molecule has 0 aliphatic heterocycles. The van der Waals surface area contributed by atoms with Crippen molar-refractivity contribution in [3.63, 3.8) is 0 Å². The molecular formula is C75H126O6. The zero-order valence-electron chi connectivity index (χ0n) is 53.0.